The number of amides is 1. The Morgan fingerprint density at radius 2 is 1.63 bits per heavy atom. The molecule has 2 aromatic rings. The summed E-state index contributed by atoms with van der Waals surface area (Å²) in [4.78, 5) is 24.5. The molecule has 4 nitrogen and oxygen atoms in total. The number of benzene rings is 2. The molecule has 1 amide bonds. The second-order valence-electron chi connectivity index (χ2n) is 5.85. The SMILES string of the molecule is CC(=O)c1ccc(Sc2ccc(NC(=O)C(C)(O)C(F)(F)F)c(Cl)c2)cc1. The summed E-state index contributed by atoms with van der Waals surface area (Å²) in [6.07, 6.45) is -5.12. The van der Waals surface area contributed by atoms with Crippen molar-refractivity contribution in [3.8, 4) is 0 Å². The summed E-state index contributed by atoms with van der Waals surface area (Å²) in [7, 11) is 0. The van der Waals surface area contributed by atoms with Crippen molar-refractivity contribution >= 4 is 40.7 Å². The van der Waals surface area contributed by atoms with Crippen LogP contribution in [0.25, 0.3) is 0 Å². The Hall–Kier alpha value is -2.03. The molecule has 0 spiro atoms. The fourth-order valence-corrected chi connectivity index (χ4v) is 3.08. The van der Waals surface area contributed by atoms with Gasteiger partial charge < -0.3 is 10.4 Å². The highest BCUT2D eigenvalue weighted by atomic mass is 35.5. The maximum atomic E-state index is 12.7. The lowest BCUT2D eigenvalue weighted by molar-refractivity contribution is -0.242. The molecule has 0 radical (unpaired) electrons. The number of nitrogens with one attached hydrogen (secondary N) is 1. The Balaban J connectivity index is 2.13. The first-order valence-corrected chi connectivity index (χ1v) is 8.80. The Kier molecular flexibility index (Phi) is 6.24. The largest absolute Gasteiger partial charge is 0.426 e. The molecule has 0 bridgehead atoms. The summed E-state index contributed by atoms with van der Waals surface area (Å²) in [5.74, 6) is -1.68. The first kappa shape index (κ1) is 21.3. The normalized spacial score (nSPS) is 13.7. The van der Waals surface area contributed by atoms with Gasteiger partial charge in [-0.1, -0.05) is 35.5 Å². The zero-order valence-corrected chi connectivity index (χ0v) is 15.8. The number of hydrogen-bond donors (Lipinski definition) is 2. The zero-order valence-electron chi connectivity index (χ0n) is 14.2. The van der Waals surface area contributed by atoms with Crippen molar-refractivity contribution in [2.24, 2.45) is 0 Å². The van der Waals surface area contributed by atoms with Crippen LogP contribution in [0.15, 0.2) is 52.3 Å². The number of rotatable bonds is 5. The summed E-state index contributed by atoms with van der Waals surface area (Å²) in [5, 5.41) is 11.4. The predicted octanol–water partition coefficient (Wildman–Crippen LogP) is 4.95. The van der Waals surface area contributed by atoms with E-state index in [9.17, 15) is 27.9 Å². The molecule has 9 heteroatoms. The summed E-state index contributed by atoms with van der Waals surface area (Å²) in [6.45, 7) is 1.83. The van der Waals surface area contributed by atoms with Crippen LogP contribution in [0, 0.1) is 0 Å². The fraction of sp³-hybridized carbons (Fsp3) is 0.222. The molecule has 0 heterocycles. The lowest BCUT2D eigenvalue weighted by Gasteiger charge is -2.25. The van der Waals surface area contributed by atoms with Crippen molar-refractivity contribution in [2.45, 2.75) is 35.4 Å². The van der Waals surface area contributed by atoms with Gasteiger partial charge in [-0.15, -0.1) is 0 Å². The first-order chi connectivity index (χ1) is 12.4. The highest BCUT2D eigenvalue weighted by molar-refractivity contribution is 7.99. The number of carbonyl (C=O) groups excluding carboxylic acids is 2. The maximum Gasteiger partial charge on any atom is 0.426 e. The molecule has 2 N–H and O–H groups in total. The van der Waals surface area contributed by atoms with Crippen LogP contribution < -0.4 is 5.32 Å². The topological polar surface area (TPSA) is 66.4 Å². The highest BCUT2D eigenvalue weighted by Crippen LogP contribution is 2.35. The van der Waals surface area contributed by atoms with Crippen LogP contribution in [0.3, 0.4) is 0 Å². The van der Waals surface area contributed by atoms with Crippen molar-refractivity contribution in [2.75, 3.05) is 5.32 Å². The minimum atomic E-state index is -5.12. The second-order valence-corrected chi connectivity index (χ2v) is 7.40. The van der Waals surface area contributed by atoms with Crippen LogP contribution in [0.4, 0.5) is 18.9 Å². The maximum absolute atomic E-state index is 12.7. The third kappa shape index (κ3) is 5.03. The quantitative estimate of drug-likeness (QED) is 0.676. The number of halogens is 4. The molecule has 0 fully saturated rings. The van der Waals surface area contributed by atoms with Crippen molar-refractivity contribution in [3.05, 3.63) is 53.1 Å². The minimum Gasteiger partial charge on any atom is -0.373 e. The van der Waals surface area contributed by atoms with Crippen molar-refractivity contribution in [1.82, 2.24) is 0 Å². The Labute approximate surface area is 162 Å². The van der Waals surface area contributed by atoms with Gasteiger partial charge >= 0.3 is 6.18 Å². The molecule has 0 saturated carbocycles. The molecule has 1 atom stereocenters. The molecule has 1 unspecified atom stereocenters. The molecular weight excluding hydrogens is 403 g/mol. The molecular formula is C18H15ClF3NO3S. The van der Waals surface area contributed by atoms with E-state index in [1.54, 1.807) is 30.3 Å². The standard InChI is InChI=1S/C18H15ClF3NO3S/c1-10(24)11-3-5-12(6-4-11)27-13-7-8-15(14(19)9-13)23-16(25)17(2,26)18(20,21)22/h3-9,26H,1-2H3,(H,23,25). The lowest BCUT2D eigenvalue weighted by Crippen LogP contribution is -2.52. The van der Waals surface area contributed by atoms with E-state index < -0.39 is 17.7 Å². The molecule has 2 aromatic carbocycles. The summed E-state index contributed by atoms with van der Waals surface area (Å²) >= 11 is 7.36. The number of anilines is 1. The van der Waals surface area contributed by atoms with Gasteiger partial charge in [-0.2, -0.15) is 13.2 Å². The van der Waals surface area contributed by atoms with Crippen LogP contribution in [-0.2, 0) is 4.79 Å². The summed E-state index contributed by atoms with van der Waals surface area (Å²) < 4.78 is 38.1. The smallest absolute Gasteiger partial charge is 0.373 e. The number of alkyl halides is 3. The molecule has 144 valence electrons. The summed E-state index contributed by atoms with van der Waals surface area (Å²) in [6, 6.07) is 11.3. The van der Waals surface area contributed by atoms with Gasteiger partial charge in [-0.3, -0.25) is 9.59 Å². The van der Waals surface area contributed by atoms with Gasteiger partial charge in [-0.05, 0) is 44.2 Å². The van der Waals surface area contributed by atoms with Gasteiger partial charge in [-0.25, -0.2) is 0 Å². The monoisotopic (exact) mass is 417 g/mol. The third-order valence-electron chi connectivity index (χ3n) is 3.68. The Morgan fingerprint density at radius 3 is 2.11 bits per heavy atom. The van der Waals surface area contributed by atoms with Crippen LogP contribution in [0.1, 0.15) is 24.2 Å². The van der Waals surface area contributed by atoms with Crippen LogP contribution in [0.5, 0.6) is 0 Å². The molecule has 27 heavy (non-hydrogen) atoms. The number of ketones is 1. The molecule has 0 saturated heterocycles. The van der Waals surface area contributed by atoms with E-state index in [2.05, 4.69) is 0 Å². The van der Waals surface area contributed by atoms with E-state index >= 15 is 0 Å². The van der Waals surface area contributed by atoms with Gasteiger partial charge in [0.15, 0.2) is 5.78 Å². The predicted molar refractivity (Wildman–Crippen MR) is 97.3 cm³/mol. The van der Waals surface area contributed by atoms with E-state index in [1.165, 1.54) is 30.8 Å². The van der Waals surface area contributed by atoms with E-state index in [1.807, 2.05) is 5.32 Å². The Morgan fingerprint density at radius 1 is 1.07 bits per heavy atom. The van der Waals surface area contributed by atoms with Crippen molar-refractivity contribution < 1.29 is 27.9 Å². The van der Waals surface area contributed by atoms with Crippen LogP contribution >= 0.6 is 23.4 Å². The van der Waals surface area contributed by atoms with Gasteiger partial charge in [0.05, 0.1) is 10.7 Å². The van der Waals surface area contributed by atoms with Crippen LogP contribution in [-0.4, -0.2) is 28.6 Å². The minimum absolute atomic E-state index is 0.0201. The Bertz CT molecular complexity index is 867. The zero-order chi connectivity index (χ0) is 20.4. The second kappa shape index (κ2) is 7.92. The molecule has 0 aliphatic heterocycles. The molecule has 2 rings (SSSR count). The van der Waals surface area contributed by atoms with Gasteiger partial charge in [0.2, 0.25) is 5.60 Å². The lowest BCUT2D eigenvalue weighted by atomic mass is 10.1. The van der Waals surface area contributed by atoms with Crippen LogP contribution in [0.2, 0.25) is 5.02 Å². The van der Waals surface area contributed by atoms with Gasteiger partial charge in [0, 0.05) is 15.4 Å². The number of carbonyl (C=O) groups is 2. The van der Waals surface area contributed by atoms with Crippen molar-refractivity contribution in [1.29, 1.82) is 0 Å². The third-order valence-corrected chi connectivity index (χ3v) is 4.99. The average Bonchev–Trinajstić information content (AvgIpc) is 2.56. The number of aliphatic hydroxyl groups is 1. The fourth-order valence-electron chi connectivity index (χ4n) is 1.93. The number of hydrogen-bond acceptors (Lipinski definition) is 4. The first-order valence-electron chi connectivity index (χ1n) is 7.61. The average molecular weight is 418 g/mol. The molecule has 0 aliphatic rings. The van der Waals surface area contributed by atoms with Crippen molar-refractivity contribution in [3.63, 3.8) is 0 Å². The highest BCUT2D eigenvalue weighted by Gasteiger charge is 2.55. The van der Waals surface area contributed by atoms with Gasteiger partial charge in [0.1, 0.15) is 0 Å². The van der Waals surface area contributed by atoms with Gasteiger partial charge in [0.25, 0.3) is 5.91 Å². The van der Waals surface area contributed by atoms with E-state index in [0.29, 0.717) is 17.4 Å². The van der Waals surface area contributed by atoms with E-state index in [4.69, 9.17) is 11.6 Å². The molecule has 0 aliphatic carbocycles. The van der Waals surface area contributed by atoms with E-state index in [-0.39, 0.29) is 16.5 Å². The molecule has 0 aromatic heterocycles. The van der Waals surface area contributed by atoms with E-state index in [0.717, 1.165) is 4.90 Å². The summed E-state index contributed by atoms with van der Waals surface area (Å²) in [5.41, 5.74) is -3.02. The number of Topliss-reactive ketones (excluding diaryl/α,β-unsaturated/α-hetero) is 1.